The number of esters is 3. The summed E-state index contributed by atoms with van der Waals surface area (Å²) in [5.41, 5.74) is -0.00575. The Balaban J connectivity index is 2.01. The summed E-state index contributed by atoms with van der Waals surface area (Å²) in [6, 6.07) is 4.87. The number of nitrogens with zero attached hydrogens (tertiary/aromatic N) is 2. The Morgan fingerprint density at radius 3 is 2.47 bits per heavy atom. The number of nitrogens with one attached hydrogen (secondary N) is 2. The molecule has 1 aromatic rings. The average molecular weight is 470 g/mol. The molecule has 4 rings (SSSR count). The minimum atomic E-state index is -1.11. The lowest BCUT2D eigenvalue weighted by molar-refractivity contribution is -0.144. The van der Waals surface area contributed by atoms with Crippen LogP contribution in [0.3, 0.4) is 0 Å². The van der Waals surface area contributed by atoms with Gasteiger partial charge in [-0.25, -0.2) is 24.2 Å². The van der Waals surface area contributed by atoms with E-state index in [2.05, 4.69) is 15.6 Å². The summed E-state index contributed by atoms with van der Waals surface area (Å²) in [6.45, 7) is 2.27. The molecule has 34 heavy (non-hydrogen) atoms. The Hall–Kier alpha value is -3.89. The zero-order chi connectivity index (χ0) is 24.6. The molecule has 3 heterocycles. The minimum absolute atomic E-state index is 0.0336. The number of likely N-dealkylation sites (tertiary alicyclic amines) is 1. The maximum absolute atomic E-state index is 13.3. The molecule has 1 spiro atoms. The second-order valence-electron chi connectivity index (χ2n) is 8.12. The molecule has 3 aliphatic heterocycles. The second kappa shape index (κ2) is 8.81. The van der Waals surface area contributed by atoms with Gasteiger partial charge in [-0.05, 0) is 24.5 Å². The molecule has 0 bridgehead atoms. The third-order valence-electron chi connectivity index (χ3n) is 6.42. The number of carbonyl (C=O) groups excluding carboxylic acids is 4. The number of hydrogen-bond acceptors (Lipinski definition) is 9. The van der Waals surface area contributed by atoms with Gasteiger partial charge in [-0.15, -0.1) is 0 Å². The fourth-order valence-corrected chi connectivity index (χ4v) is 4.99. The predicted octanol–water partition coefficient (Wildman–Crippen LogP) is 1.10. The fourth-order valence-electron chi connectivity index (χ4n) is 4.99. The predicted molar refractivity (Wildman–Crippen MR) is 120 cm³/mol. The van der Waals surface area contributed by atoms with Crippen LogP contribution in [0.5, 0.6) is 0 Å². The van der Waals surface area contributed by atoms with Crippen molar-refractivity contribution in [3.63, 3.8) is 0 Å². The van der Waals surface area contributed by atoms with E-state index >= 15 is 0 Å². The van der Waals surface area contributed by atoms with E-state index in [1.54, 1.807) is 0 Å². The zero-order valence-corrected chi connectivity index (χ0v) is 19.3. The van der Waals surface area contributed by atoms with Crippen molar-refractivity contribution in [3.05, 3.63) is 41.1 Å². The number of amides is 2. The van der Waals surface area contributed by atoms with Gasteiger partial charge < -0.3 is 24.8 Å². The van der Waals surface area contributed by atoms with Crippen molar-refractivity contribution in [3.8, 4) is 0 Å². The number of carbonyl (C=O) groups is 4. The van der Waals surface area contributed by atoms with Crippen molar-refractivity contribution in [2.45, 2.75) is 37.3 Å². The van der Waals surface area contributed by atoms with Crippen molar-refractivity contribution < 1.29 is 33.4 Å². The summed E-state index contributed by atoms with van der Waals surface area (Å²) in [4.78, 5) is 57.6. The largest absolute Gasteiger partial charge is 0.467 e. The fraction of sp³-hybridized carbons (Fsp3) is 0.435. The van der Waals surface area contributed by atoms with Crippen LogP contribution in [-0.4, -0.2) is 74.6 Å². The van der Waals surface area contributed by atoms with Gasteiger partial charge in [0, 0.05) is 12.2 Å². The lowest BCUT2D eigenvalue weighted by atomic mass is 9.69. The molecule has 180 valence electrons. The summed E-state index contributed by atoms with van der Waals surface area (Å²) in [5, 5.41) is 6.07. The first-order valence-corrected chi connectivity index (χ1v) is 10.9. The molecule has 1 fully saturated rings. The second-order valence-corrected chi connectivity index (χ2v) is 8.12. The van der Waals surface area contributed by atoms with Crippen molar-refractivity contribution in [1.29, 1.82) is 0 Å². The molecule has 3 unspecified atom stereocenters. The third-order valence-corrected chi connectivity index (χ3v) is 6.42. The van der Waals surface area contributed by atoms with Crippen LogP contribution >= 0.6 is 0 Å². The Bertz CT molecular complexity index is 1130. The van der Waals surface area contributed by atoms with E-state index in [0.29, 0.717) is 18.7 Å². The molecule has 11 heteroatoms. The van der Waals surface area contributed by atoms with Crippen LogP contribution in [0.15, 0.2) is 40.5 Å². The van der Waals surface area contributed by atoms with Gasteiger partial charge in [0.1, 0.15) is 11.9 Å². The summed E-state index contributed by atoms with van der Waals surface area (Å²) < 4.78 is 14.9. The van der Waals surface area contributed by atoms with Crippen LogP contribution in [0.1, 0.15) is 25.3 Å². The van der Waals surface area contributed by atoms with E-state index in [1.807, 2.05) is 31.2 Å². The Morgan fingerprint density at radius 2 is 1.82 bits per heavy atom. The number of methoxy groups -OCH3 is 3. The number of aliphatic imine (C=N–C) groups is 1. The van der Waals surface area contributed by atoms with Crippen LogP contribution in [-0.2, 0) is 34.0 Å². The first kappa shape index (κ1) is 23.3. The van der Waals surface area contributed by atoms with E-state index in [9.17, 15) is 19.2 Å². The number of fused-ring (bicyclic) bond motifs is 1. The summed E-state index contributed by atoms with van der Waals surface area (Å²) in [7, 11) is 3.61. The molecular formula is C23H26N4O7. The van der Waals surface area contributed by atoms with Crippen molar-refractivity contribution in [1.82, 2.24) is 10.2 Å². The highest BCUT2D eigenvalue weighted by molar-refractivity contribution is 6.17. The van der Waals surface area contributed by atoms with Gasteiger partial charge in [0.15, 0.2) is 5.70 Å². The smallest absolute Gasteiger partial charge is 0.357 e. The standard InChI is InChI=1S/C23H26N4O7/c1-5-10-24-22(31)27-14(18(28)32-2)11-23-12-8-6-7-9-13(12)25-17(23)15(19(29)33-3)16(20(30)34-4)26-21(23)27/h6-9,14,17,25H,5,10-11H2,1-4H3,(H,24,31). The summed E-state index contributed by atoms with van der Waals surface area (Å²) in [5.74, 6) is -2.11. The molecule has 0 aromatic heterocycles. The van der Waals surface area contributed by atoms with E-state index in [4.69, 9.17) is 14.2 Å². The number of benzene rings is 1. The van der Waals surface area contributed by atoms with Gasteiger partial charge in [-0.3, -0.25) is 4.90 Å². The number of ether oxygens (including phenoxy) is 3. The van der Waals surface area contributed by atoms with Gasteiger partial charge >= 0.3 is 23.9 Å². The molecule has 11 nitrogen and oxygen atoms in total. The number of para-hydroxylation sites is 1. The van der Waals surface area contributed by atoms with Crippen LogP contribution in [0.25, 0.3) is 0 Å². The maximum Gasteiger partial charge on any atom is 0.357 e. The van der Waals surface area contributed by atoms with Crippen molar-refractivity contribution in [2.75, 3.05) is 33.2 Å². The highest BCUT2D eigenvalue weighted by Crippen LogP contribution is 2.55. The summed E-state index contributed by atoms with van der Waals surface area (Å²) >= 11 is 0. The molecule has 1 saturated heterocycles. The molecule has 3 atom stereocenters. The van der Waals surface area contributed by atoms with Crippen LogP contribution in [0.4, 0.5) is 10.5 Å². The topological polar surface area (TPSA) is 136 Å². The number of urea groups is 1. The minimum Gasteiger partial charge on any atom is -0.467 e. The monoisotopic (exact) mass is 470 g/mol. The number of amidine groups is 1. The average Bonchev–Trinajstić information content (AvgIpc) is 3.38. The Labute approximate surface area is 196 Å². The van der Waals surface area contributed by atoms with Crippen molar-refractivity contribution >= 4 is 35.5 Å². The first-order valence-electron chi connectivity index (χ1n) is 10.9. The molecule has 2 amide bonds. The quantitative estimate of drug-likeness (QED) is 0.482. The van der Waals surface area contributed by atoms with E-state index in [0.717, 1.165) is 5.56 Å². The van der Waals surface area contributed by atoms with Crippen molar-refractivity contribution in [2.24, 2.45) is 4.99 Å². The first-order chi connectivity index (χ1) is 16.3. The Kier molecular flexibility index (Phi) is 6.03. The van der Waals surface area contributed by atoms with Gasteiger partial charge in [0.2, 0.25) is 0 Å². The van der Waals surface area contributed by atoms with Gasteiger partial charge in [0.05, 0.1) is 38.4 Å². The van der Waals surface area contributed by atoms with E-state index in [-0.39, 0.29) is 23.5 Å². The number of rotatable bonds is 5. The highest BCUT2D eigenvalue weighted by atomic mass is 16.5. The molecule has 1 aromatic carbocycles. The lowest BCUT2D eigenvalue weighted by Crippen LogP contribution is -2.54. The lowest BCUT2D eigenvalue weighted by Gasteiger charge is -2.36. The zero-order valence-electron chi connectivity index (χ0n) is 19.3. The molecule has 3 aliphatic rings. The van der Waals surface area contributed by atoms with E-state index in [1.165, 1.54) is 26.2 Å². The molecule has 0 radical (unpaired) electrons. The Morgan fingerprint density at radius 1 is 1.12 bits per heavy atom. The molecular weight excluding hydrogens is 444 g/mol. The van der Waals surface area contributed by atoms with Crippen LogP contribution in [0.2, 0.25) is 0 Å². The van der Waals surface area contributed by atoms with Crippen LogP contribution < -0.4 is 10.6 Å². The van der Waals surface area contributed by atoms with E-state index < -0.39 is 41.4 Å². The molecule has 0 saturated carbocycles. The molecule has 2 N–H and O–H groups in total. The molecule has 0 aliphatic carbocycles. The van der Waals surface area contributed by atoms with Gasteiger partial charge in [0.25, 0.3) is 0 Å². The highest BCUT2D eigenvalue weighted by Gasteiger charge is 2.66. The third kappa shape index (κ3) is 3.22. The number of anilines is 1. The van der Waals surface area contributed by atoms with Crippen LogP contribution in [0, 0.1) is 0 Å². The van der Waals surface area contributed by atoms with Gasteiger partial charge in [-0.1, -0.05) is 25.1 Å². The number of hydrogen-bond donors (Lipinski definition) is 2. The summed E-state index contributed by atoms with van der Waals surface area (Å²) in [6.07, 6.45) is 0.759. The SMILES string of the molecule is CCCNC(=O)N1C2=NC(C(=O)OC)=C(C(=O)OC)C3Nc4ccccc4C23CC1C(=O)OC. The normalized spacial score (nSPS) is 24.2. The maximum atomic E-state index is 13.3. The van der Waals surface area contributed by atoms with Gasteiger partial charge in [-0.2, -0.15) is 0 Å².